The molecule has 0 bridgehead atoms. The van der Waals surface area contributed by atoms with Gasteiger partial charge >= 0.3 is 6.09 Å². The van der Waals surface area contributed by atoms with Crippen molar-refractivity contribution >= 4 is 27.9 Å². The molecule has 1 rings (SSSR count). The number of alkyl carbamates (subject to hydrolysis) is 1. The van der Waals surface area contributed by atoms with Crippen LogP contribution in [0, 0.1) is 5.82 Å². The van der Waals surface area contributed by atoms with Crippen molar-refractivity contribution in [1.82, 2.24) is 10.2 Å². The first kappa shape index (κ1) is 19.4. The second-order valence-corrected chi connectivity index (χ2v) is 7.21. The van der Waals surface area contributed by atoms with Gasteiger partial charge in [0.2, 0.25) is 5.91 Å². The number of benzene rings is 1. The Morgan fingerprint density at radius 3 is 2.57 bits per heavy atom. The van der Waals surface area contributed by atoms with Gasteiger partial charge in [0.25, 0.3) is 0 Å². The molecule has 0 unspecified atom stereocenters. The van der Waals surface area contributed by atoms with Gasteiger partial charge < -0.3 is 15.0 Å². The van der Waals surface area contributed by atoms with Crippen molar-refractivity contribution < 1.29 is 18.7 Å². The number of nitrogens with zero attached hydrogens (tertiary/aromatic N) is 1. The summed E-state index contributed by atoms with van der Waals surface area (Å²) < 4.78 is 19.6. The van der Waals surface area contributed by atoms with E-state index in [4.69, 9.17) is 4.74 Å². The zero-order chi connectivity index (χ0) is 17.8. The van der Waals surface area contributed by atoms with E-state index in [1.165, 1.54) is 11.0 Å². The number of likely N-dealkylation sites (N-methyl/N-ethyl adjacent to an activating group) is 1. The highest BCUT2D eigenvalue weighted by molar-refractivity contribution is 9.10. The topological polar surface area (TPSA) is 58.6 Å². The first-order valence-corrected chi connectivity index (χ1v) is 7.97. The largest absolute Gasteiger partial charge is 0.444 e. The fourth-order valence-electron chi connectivity index (χ4n) is 1.87. The SMILES string of the molecule is C[C@@H](NC(=O)OC(C)(C)C)C(=O)N(C)Cc1cc(Br)ccc1F. The van der Waals surface area contributed by atoms with E-state index in [0.29, 0.717) is 5.56 Å². The van der Waals surface area contributed by atoms with Gasteiger partial charge in [-0.05, 0) is 45.9 Å². The Morgan fingerprint density at radius 2 is 2.00 bits per heavy atom. The molecule has 23 heavy (non-hydrogen) atoms. The van der Waals surface area contributed by atoms with Crippen LogP contribution in [0.3, 0.4) is 0 Å². The van der Waals surface area contributed by atoms with Crippen LogP contribution in [0.5, 0.6) is 0 Å². The molecule has 0 saturated heterocycles. The highest BCUT2D eigenvalue weighted by Crippen LogP contribution is 2.17. The van der Waals surface area contributed by atoms with Crippen LogP contribution in [-0.4, -0.2) is 35.6 Å². The van der Waals surface area contributed by atoms with E-state index in [2.05, 4.69) is 21.2 Å². The van der Waals surface area contributed by atoms with Gasteiger partial charge in [0.1, 0.15) is 17.5 Å². The summed E-state index contributed by atoms with van der Waals surface area (Å²) >= 11 is 3.27. The van der Waals surface area contributed by atoms with Gasteiger partial charge in [-0.15, -0.1) is 0 Å². The molecular formula is C16H22BrFN2O3. The molecule has 7 heteroatoms. The van der Waals surface area contributed by atoms with E-state index in [1.807, 2.05) is 0 Å². The summed E-state index contributed by atoms with van der Waals surface area (Å²) in [6.45, 7) is 6.87. The van der Waals surface area contributed by atoms with Crippen molar-refractivity contribution in [2.75, 3.05) is 7.05 Å². The van der Waals surface area contributed by atoms with E-state index >= 15 is 0 Å². The summed E-state index contributed by atoms with van der Waals surface area (Å²) in [4.78, 5) is 25.3. The van der Waals surface area contributed by atoms with E-state index in [1.54, 1.807) is 46.9 Å². The van der Waals surface area contributed by atoms with Crippen molar-refractivity contribution in [3.63, 3.8) is 0 Å². The number of ether oxygens (including phenoxy) is 1. The fourth-order valence-corrected chi connectivity index (χ4v) is 2.28. The molecule has 0 aliphatic rings. The quantitative estimate of drug-likeness (QED) is 0.858. The maximum atomic E-state index is 13.7. The highest BCUT2D eigenvalue weighted by atomic mass is 79.9. The number of nitrogens with one attached hydrogen (secondary N) is 1. The molecule has 1 aromatic carbocycles. The third-order valence-electron chi connectivity index (χ3n) is 2.90. The number of carbonyl (C=O) groups is 2. The van der Waals surface area contributed by atoms with Crippen molar-refractivity contribution in [3.05, 3.63) is 34.1 Å². The Labute approximate surface area is 144 Å². The van der Waals surface area contributed by atoms with Crippen LogP contribution in [0.15, 0.2) is 22.7 Å². The Kier molecular flexibility index (Phi) is 6.56. The molecule has 0 spiro atoms. The number of halogens is 2. The molecule has 0 heterocycles. The zero-order valence-corrected chi connectivity index (χ0v) is 15.5. The van der Waals surface area contributed by atoms with Crippen molar-refractivity contribution in [2.24, 2.45) is 0 Å². The molecule has 1 aromatic rings. The van der Waals surface area contributed by atoms with E-state index in [-0.39, 0.29) is 18.3 Å². The van der Waals surface area contributed by atoms with Crippen LogP contribution in [-0.2, 0) is 16.1 Å². The summed E-state index contributed by atoms with van der Waals surface area (Å²) in [7, 11) is 1.55. The van der Waals surface area contributed by atoms with Gasteiger partial charge in [-0.2, -0.15) is 0 Å². The first-order chi connectivity index (χ1) is 10.5. The van der Waals surface area contributed by atoms with Crippen molar-refractivity contribution in [1.29, 1.82) is 0 Å². The minimum absolute atomic E-state index is 0.102. The summed E-state index contributed by atoms with van der Waals surface area (Å²) in [6.07, 6.45) is -0.666. The molecule has 0 saturated carbocycles. The molecule has 0 aromatic heterocycles. The lowest BCUT2D eigenvalue weighted by molar-refractivity contribution is -0.132. The fraction of sp³-hybridized carbons (Fsp3) is 0.500. The predicted molar refractivity (Wildman–Crippen MR) is 89.4 cm³/mol. The van der Waals surface area contributed by atoms with Crippen LogP contribution < -0.4 is 5.32 Å². The van der Waals surface area contributed by atoms with E-state index < -0.39 is 17.7 Å². The molecular weight excluding hydrogens is 367 g/mol. The predicted octanol–water partition coefficient (Wildman–Crippen LogP) is 3.46. The van der Waals surface area contributed by atoms with Crippen LogP contribution in [0.2, 0.25) is 0 Å². The molecule has 128 valence electrons. The Bertz CT molecular complexity index is 587. The van der Waals surface area contributed by atoms with Gasteiger partial charge in [0, 0.05) is 23.6 Å². The monoisotopic (exact) mass is 388 g/mol. The van der Waals surface area contributed by atoms with Gasteiger partial charge in [0.15, 0.2) is 0 Å². The van der Waals surface area contributed by atoms with E-state index in [9.17, 15) is 14.0 Å². The molecule has 1 atom stereocenters. The summed E-state index contributed by atoms with van der Waals surface area (Å²) in [5.74, 6) is -0.726. The molecule has 0 aliphatic heterocycles. The number of hydrogen-bond donors (Lipinski definition) is 1. The molecule has 0 radical (unpaired) electrons. The molecule has 1 N–H and O–H groups in total. The Hall–Kier alpha value is -1.63. The number of amides is 2. The lowest BCUT2D eigenvalue weighted by Crippen LogP contribution is -2.46. The average Bonchev–Trinajstić information content (AvgIpc) is 2.39. The summed E-state index contributed by atoms with van der Waals surface area (Å²) in [6, 6.07) is 3.77. The van der Waals surface area contributed by atoms with Crippen molar-refractivity contribution in [3.8, 4) is 0 Å². The van der Waals surface area contributed by atoms with E-state index in [0.717, 1.165) is 4.47 Å². The third-order valence-corrected chi connectivity index (χ3v) is 3.39. The molecule has 0 aliphatic carbocycles. The van der Waals surface area contributed by atoms with Crippen LogP contribution in [0.25, 0.3) is 0 Å². The molecule has 2 amide bonds. The second kappa shape index (κ2) is 7.77. The van der Waals surface area contributed by atoms with Gasteiger partial charge in [-0.25, -0.2) is 9.18 Å². The van der Waals surface area contributed by atoms with Crippen LogP contribution in [0.4, 0.5) is 9.18 Å². The normalized spacial score (nSPS) is 12.5. The van der Waals surface area contributed by atoms with Gasteiger partial charge in [-0.3, -0.25) is 4.79 Å². The second-order valence-electron chi connectivity index (χ2n) is 6.30. The standard InChI is InChI=1S/C16H22BrFN2O3/c1-10(19-15(22)23-16(2,3)4)14(21)20(5)9-11-8-12(17)6-7-13(11)18/h6-8,10H,9H2,1-5H3,(H,19,22)/t10-/m1/s1. The highest BCUT2D eigenvalue weighted by Gasteiger charge is 2.23. The average molecular weight is 389 g/mol. The molecule has 0 fully saturated rings. The first-order valence-electron chi connectivity index (χ1n) is 7.18. The smallest absolute Gasteiger partial charge is 0.408 e. The summed E-state index contributed by atoms with van der Waals surface area (Å²) in [5.41, 5.74) is -0.252. The minimum Gasteiger partial charge on any atom is -0.444 e. The number of rotatable bonds is 4. The molecule has 5 nitrogen and oxygen atoms in total. The number of carbonyl (C=O) groups excluding carboxylic acids is 2. The van der Waals surface area contributed by atoms with Crippen molar-refractivity contribution in [2.45, 2.75) is 45.9 Å². The van der Waals surface area contributed by atoms with Gasteiger partial charge in [0.05, 0.1) is 0 Å². The zero-order valence-electron chi connectivity index (χ0n) is 13.9. The minimum atomic E-state index is -0.773. The maximum absolute atomic E-state index is 13.7. The third kappa shape index (κ3) is 6.56. The summed E-state index contributed by atoms with van der Waals surface area (Å²) in [5, 5.41) is 2.47. The van der Waals surface area contributed by atoms with Crippen LogP contribution >= 0.6 is 15.9 Å². The lowest BCUT2D eigenvalue weighted by atomic mass is 10.2. The van der Waals surface area contributed by atoms with Gasteiger partial charge in [-0.1, -0.05) is 15.9 Å². The lowest BCUT2D eigenvalue weighted by Gasteiger charge is -2.24. The number of hydrogen-bond acceptors (Lipinski definition) is 3. The Balaban J connectivity index is 2.65. The van der Waals surface area contributed by atoms with Crippen LogP contribution in [0.1, 0.15) is 33.3 Å². The maximum Gasteiger partial charge on any atom is 0.408 e. The Morgan fingerprint density at radius 1 is 1.39 bits per heavy atom.